The molecule has 1 aliphatic carbocycles. The second kappa shape index (κ2) is 4.72. The van der Waals surface area contributed by atoms with Crippen molar-refractivity contribution in [3.63, 3.8) is 0 Å². The summed E-state index contributed by atoms with van der Waals surface area (Å²) in [6.45, 7) is 5.94. The van der Waals surface area contributed by atoms with Gasteiger partial charge in [0.05, 0.1) is 5.84 Å². The minimum atomic E-state index is 0.365. The van der Waals surface area contributed by atoms with Crippen molar-refractivity contribution in [3.8, 4) is 0 Å². The average Bonchev–Trinajstić information content (AvgIpc) is 2.94. The fourth-order valence-corrected chi connectivity index (χ4v) is 2.70. The Labute approximate surface area is 98.3 Å². The summed E-state index contributed by atoms with van der Waals surface area (Å²) < 4.78 is 0. The number of nitrogens with zero attached hydrogens (tertiary/aromatic N) is 2. The van der Waals surface area contributed by atoms with E-state index in [2.05, 4.69) is 16.8 Å². The lowest BCUT2D eigenvalue weighted by atomic mass is 10.0. The summed E-state index contributed by atoms with van der Waals surface area (Å²) in [5, 5.41) is 7.43. The highest BCUT2D eigenvalue weighted by molar-refractivity contribution is 5.78. The predicted octanol–water partition coefficient (Wildman–Crippen LogP) is 0.730. The van der Waals surface area contributed by atoms with Crippen molar-refractivity contribution in [1.82, 2.24) is 9.80 Å². The Bertz CT molecular complexity index is 260. The largest absolute Gasteiger partial charge is 0.388 e. The first-order valence-electron chi connectivity index (χ1n) is 6.33. The first-order chi connectivity index (χ1) is 7.60. The fraction of sp³-hybridized carbons (Fsp3) is 0.917. The van der Waals surface area contributed by atoms with E-state index in [1.807, 2.05) is 0 Å². The van der Waals surface area contributed by atoms with Crippen LogP contribution in [0.1, 0.15) is 25.7 Å². The van der Waals surface area contributed by atoms with Crippen LogP contribution in [0.5, 0.6) is 0 Å². The molecule has 0 atom stereocenters. The number of hydrogen-bond acceptors (Lipinski definition) is 3. The Morgan fingerprint density at radius 1 is 1.25 bits per heavy atom. The van der Waals surface area contributed by atoms with Gasteiger partial charge in [0.2, 0.25) is 0 Å². The van der Waals surface area contributed by atoms with Gasteiger partial charge in [0.1, 0.15) is 0 Å². The number of hydrogen-bond donors (Lipinski definition) is 2. The third-order valence-corrected chi connectivity index (χ3v) is 3.89. The van der Waals surface area contributed by atoms with Crippen molar-refractivity contribution in [2.45, 2.75) is 25.7 Å². The van der Waals surface area contributed by atoms with E-state index in [0.29, 0.717) is 11.3 Å². The van der Waals surface area contributed by atoms with E-state index in [0.717, 1.165) is 13.0 Å². The van der Waals surface area contributed by atoms with E-state index in [9.17, 15) is 0 Å². The molecule has 0 aromatic heterocycles. The molecule has 3 N–H and O–H groups in total. The third kappa shape index (κ3) is 3.19. The molecule has 2 rings (SSSR count). The average molecular weight is 224 g/mol. The molecule has 0 aromatic carbocycles. The Kier molecular flexibility index (Phi) is 3.50. The van der Waals surface area contributed by atoms with Gasteiger partial charge in [-0.2, -0.15) is 0 Å². The lowest BCUT2D eigenvalue weighted by Gasteiger charge is -2.25. The summed E-state index contributed by atoms with van der Waals surface area (Å²) >= 11 is 0. The molecule has 16 heavy (non-hydrogen) atoms. The zero-order valence-corrected chi connectivity index (χ0v) is 10.3. The van der Waals surface area contributed by atoms with E-state index in [1.165, 1.54) is 45.4 Å². The van der Waals surface area contributed by atoms with Gasteiger partial charge in [-0.05, 0) is 44.8 Å². The summed E-state index contributed by atoms with van der Waals surface area (Å²) in [5.41, 5.74) is 5.90. The van der Waals surface area contributed by atoms with Gasteiger partial charge in [-0.25, -0.2) is 0 Å². The van der Waals surface area contributed by atoms with E-state index >= 15 is 0 Å². The normalized spacial score (nSPS) is 26.3. The lowest BCUT2D eigenvalue weighted by Crippen LogP contribution is -2.35. The molecule has 1 aliphatic heterocycles. The molecule has 1 heterocycles. The molecular weight excluding hydrogens is 200 g/mol. The predicted molar refractivity (Wildman–Crippen MR) is 66.8 cm³/mol. The van der Waals surface area contributed by atoms with Crippen LogP contribution in [-0.4, -0.2) is 55.4 Å². The molecule has 1 saturated heterocycles. The van der Waals surface area contributed by atoms with Crippen LogP contribution < -0.4 is 5.73 Å². The number of nitrogens with two attached hydrogens (primary N) is 1. The van der Waals surface area contributed by atoms with Crippen LogP contribution >= 0.6 is 0 Å². The van der Waals surface area contributed by atoms with Gasteiger partial charge in [0.25, 0.3) is 0 Å². The summed E-state index contributed by atoms with van der Waals surface area (Å²) in [7, 11) is 2.20. The van der Waals surface area contributed by atoms with Crippen molar-refractivity contribution in [2.75, 3.05) is 39.8 Å². The monoisotopic (exact) mass is 224 g/mol. The molecule has 4 heteroatoms. The van der Waals surface area contributed by atoms with E-state index in [1.54, 1.807) is 0 Å². The zero-order chi connectivity index (χ0) is 11.6. The Morgan fingerprint density at radius 3 is 2.62 bits per heavy atom. The van der Waals surface area contributed by atoms with Gasteiger partial charge in [0.15, 0.2) is 0 Å². The molecule has 92 valence electrons. The number of likely N-dealkylation sites (N-methyl/N-ethyl adjacent to an activating group) is 1. The van der Waals surface area contributed by atoms with Crippen molar-refractivity contribution < 1.29 is 0 Å². The molecule has 0 spiro atoms. The van der Waals surface area contributed by atoms with Crippen LogP contribution in [0.3, 0.4) is 0 Å². The number of amidine groups is 1. The Morgan fingerprint density at radius 2 is 2.00 bits per heavy atom. The molecule has 0 unspecified atom stereocenters. The van der Waals surface area contributed by atoms with Crippen LogP contribution in [0.25, 0.3) is 0 Å². The minimum Gasteiger partial charge on any atom is -0.388 e. The molecule has 4 nitrogen and oxygen atoms in total. The standard InChI is InChI=1S/C12H24N4/c1-15-5-2-6-16(8-7-15)10-12(3-4-12)9-11(13)14/h2-10H2,1H3,(H3,13,14). The quantitative estimate of drug-likeness (QED) is 0.547. The van der Waals surface area contributed by atoms with Crippen LogP contribution in [0.2, 0.25) is 0 Å². The van der Waals surface area contributed by atoms with Gasteiger partial charge in [-0.1, -0.05) is 0 Å². The fourth-order valence-electron chi connectivity index (χ4n) is 2.70. The molecule has 0 bridgehead atoms. The van der Waals surface area contributed by atoms with Crippen molar-refractivity contribution in [2.24, 2.45) is 11.1 Å². The molecule has 1 saturated carbocycles. The highest BCUT2D eigenvalue weighted by atomic mass is 15.2. The highest BCUT2D eigenvalue weighted by Gasteiger charge is 2.44. The van der Waals surface area contributed by atoms with Crippen molar-refractivity contribution in [3.05, 3.63) is 0 Å². The molecule has 2 fully saturated rings. The maximum absolute atomic E-state index is 7.43. The number of nitrogens with one attached hydrogen (secondary N) is 1. The molecule has 0 amide bonds. The van der Waals surface area contributed by atoms with E-state index < -0.39 is 0 Å². The molecule has 2 aliphatic rings. The first kappa shape index (κ1) is 11.9. The SMILES string of the molecule is CN1CCCN(CC2(CC(=N)N)CC2)CC1. The van der Waals surface area contributed by atoms with Crippen LogP contribution in [0, 0.1) is 10.8 Å². The van der Waals surface area contributed by atoms with Crippen molar-refractivity contribution in [1.29, 1.82) is 5.41 Å². The summed E-state index contributed by atoms with van der Waals surface area (Å²) in [6, 6.07) is 0. The van der Waals surface area contributed by atoms with Crippen LogP contribution in [-0.2, 0) is 0 Å². The van der Waals surface area contributed by atoms with Gasteiger partial charge in [-0.3, -0.25) is 5.41 Å². The van der Waals surface area contributed by atoms with Gasteiger partial charge in [-0.15, -0.1) is 0 Å². The Hall–Kier alpha value is -0.610. The first-order valence-corrected chi connectivity index (χ1v) is 6.33. The van der Waals surface area contributed by atoms with E-state index in [-0.39, 0.29) is 0 Å². The summed E-state index contributed by atoms with van der Waals surface area (Å²) in [6.07, 6.45) is 4.60. The molecule has 0 radical (unpaired) electrons. The van der Waals surface area contributed by atoms with Gasteiger partial charge >= 0.3 is 0 Å². The smallest absolute Gasteiger partial charge is 0.0911 e. The molecule has 0 aromatic rings. The van der Waals surface area contributed by atoms with Gasteiger partial charge < -0.3 is 15.5 Å². The zero-order valence-electron chi connectivity index (χ0n) is 10.3. The maximum Gasteiger partial charge on any atom is 0.0911 e. The lowest BCUT2D eigenvalue weighted by molar-refractivity contribution is 0.227. The molecular formula is C12H24N4. The Balaban J connectivity index is 1.82. The third-order valence-electron chi connectivity index (χ3n) is 3.89. The second-order valence-electron chi connectivity index (χ2n) is 5.63. The maximum atomic E-state index is 7.43. The highest BCUT2D eigenvalue weighted by Crippen LogP contribution is 2.49. The second-order valence-corrected chi connectivity index (χ2v) is 5.63. The summed E-state index contributed by atoms with van der Waals surface area (Å²) in [4.78, 5) is 4.98. The van der Waals surface area contributed by atoms with Crippen LogP contribution in [0.15, 0.2) is 0 Å². The van der Waals surface area contributed by atoms with E-state index in [4.69, 9.17) is 11.1 Å². The van der Waals surface area contributed by atoms with Crippen LogP contribution in [0.4, 0.5) is 0 Å². The van der Waals surface area contributed by atoms with Crippen molar-refractivity contribution >= 4 is 5.84 Å². The minimum absolute atomic E-state index is 0.365. The summed E-state index contributed by atoms with van der Waals surface area (Å²) in [5.74, 6) is 0.365. The topological polar surface area (TPSA) is 56.4 Å². The number of rotatable bonds is 4. The van der Waals surface area contributed by atoms with Gasteiger partial charge in [0, 0.05) is 26.1 Å².